The van der Waals surface area contributed by atoms with E-state index in [4.69, 9.17) is 5.73 Å². The van der Waals surface area contributed by atoms with Crippen LogP contribution in [-0.4, -0.2) is 15.7 Å². The molecular formula is C17H15N3O. The lowest BCUT2D eigenvalue weighted by molar-refractivity contribution is 0.0873. The number of nitrogens with two attached hydrogens (primary N) is 1. The largest absolute Gasteiger partial charge is 0.382 e. The Morgan fingerprint density at radius 2 is 1.81 bits per heavy atom. The normalized spacial score (nSPS) is 20.6. The molecule has 1 fully saturated rings. The molecule has 0 spiro atoms. The van der Waals surface area contributed by atoms with E-state index in [1.165, 1.54) is 10.2 Å². The number of carbonyl (C=O) groups is 1. The first-order valence-electron chi connectivity index (χ1n) is 7.08. The van der Waals surface area contributed by atoms with Crippen molar-refractivity contribution in [3.8, 4) is 0 Å². The Bertz CT molecular complexity index is 822. The van der Waals surface area contributed by atoms with Crippen LogP contribution in [0.2, 0.25) is 0 Å². The minimum Gasteiger partial charge on any atom is -0.382 e. The Labute approximate surface area is 122 Å². The van der Waals surface area contributed by atoms with Crippen LogP contribution in [-0.2, 0) is 0 Å². The molecule has 2 N–H and O–H groups in total. The van der Waals surface area contributed by atoms with E-state index in [-0.39, 0.29) is 11.8 Å². The van der Waals surface area contributed by atoms with Gasteiger partial charge in [-0.15, -0.1) is 5.10 Å². The molecule has 21 heavy (non-hydrogen) atoms. The van der Waals surface area contributed by atoms with E-state index in [0.29, 0.717) is 11.7 Å². The number of fused-ring (bicyclic) bond motifs is 1. The van der Waals surface area contributed by atoms with E-state index in [1.807, 2.05) is 42.5 Å². The number of rotatable bonds is 2. The highest BCUT2D eigenvalue weighted by atomic mass is 16.2. The number of carbonyl (C=O) groups excluding carboxylic acids is 1. The van der Waals surface area contributed by atoms with Crippen LogP contribution in [0.4, 0.5) is 5.82 Å². The highest BCUT2D eigenvalue weighted by Gasteiger charge is 2.45. The molecular weight excluding hydrogens is 262 g/mol. The molecule has 0 amide bonds. The van der Waals surface area contributed by atoms with Crippen LogP contribution in [0.25, 0.3) is 10.9 Å². The monoisotopic (exact) mass is 277 g/mol. The summed E-state index contributed by atoms with van der Waals surface area (Å²) in [6.07, 6.45) is 0.886. The lowest BCUT2D eigenvalue weighted by atomic mass is 10.1. The minimum absolute atomic E-state index is 0.00936. The first-order valence-corrected chi connectivity index (χ1v) is 7.08. The summed E-state index contributed by atoms with van der Waals surface area (Å²) >= 11 is 0. The third-order valence-electron chi connectivity index (χ3n) is 4.16. The molecule has 104 valence electrons. The van der Waals surface area contributed by atoms with Crippen molar-refractivity contribution in [2.75, 3.05) is 5.73 Å². The smallest absolute Gasteiger partial charge is 0.251 e. The highest BCUT2D eigenvalue weighted by Crippen LogP contribution is 2.48. The molecule has 0 radical (unpaired) electrons. The average molecular weight is 277 g/mol. The van der Waals surface area contributed by atoms with E-state index in [0.717, 1.165) is 17.3 Å². The van der Waals surface area contributed by atoms with Crippen LogP contribution >= 0.6 is 0 Å². The van der Waals surface area contributed by atoms with Gasteiger partial charge in [-0.25, -0.2) is 0 Å². The lowest BCUT2D eigenvalue weighted by Gasteiger charge is -2.02. The van der Waals surface area contributed by atoms with Gasteiger partial charge in [-0.05, 0) is 30.0 Å². The zero-order chi connectivity index (χ0) is 14.4. The number of anilines is 1. The number of hydrogen-bond acceptors (Lipinski definition) is 3. The summed E-state index contributed by atoms with van der Waals surface area (Å²) < 4.78 is 1.47. The number of nitrogens with zero attached hydrogens (tertiary/aromatic N) is 2. The van der Waals surface area contributed by atoms with E-state index < -0.39 is 0 Å². The third kappa shape index (κ3) is 1.91. The molecule has 1 saturated carbocycles. The van der Waals surface area contributed by atoms with Crippen molar-refractivity contribution in [2.45, 2.75) is 12.3 Å². The fourth-order valence-electron chi connectivity index (χ4n) is 2.95. The maximum absolute atomic E-state index is 12.7. The summed E-state index contributed by atoms with van der Waals surface area (Å²) in [5.74, 6) is 0.769. The fraction of sp³-hybridized carbons (Fsp3) is 0.176. The molecule has 4 nitrogen and oxygen atoms in total. The summed E-state index contributed by atoms with van der Waals surface area (Å²) in [6, 6.07) is 17.7. The quantitative estimate of drug-likeness (QED) is 0.783. The summed E-state index contributed by atoms with van der Waals surface area (Å²) in [6.45, 7) is 0. The second kappa shape index (κ2) is 4.45. The molecule has 0 saturated heterocycles. The average Bonchev–Trinajstić information content (AvgIpc) is 3.27. The van der Waals surface area contributed by atoms with E-state index in [1.54, 1.807) is 0 Å². The topological polar surface area (TPSA) is 60.9 Å². The van der Waals surface area contributed by atoms with Crippen molar-refractivity contribution in [2.24, 2.45) is 5.92 Å². The maximum Gasteiger partial charge on any atom is 0.251 e. The summed E-state index contributed by atoms with van der Waals surface area (Å²) in [7, 11) is 0. The van der Waals surface area contributed by atoms with Crippen LogP contribution in [0, 0.1) is 5.92 Å². The van der Waals surface area contributed by atoms with Gasteiger partial charge in [0.05, 0.1) is 5.52 Å². The molecule has 2 unspecified atom stereocenters. The second-order valence-electron chi connectivity index (χ2n) is 5.51. The van der Waals surface area contributed by atoms with Gasteiger partial charge in [-0.3, -0.25) is 4.79 Å². The minimum atomic E-state index is 0.00936. The van der Waals surface area contributed by atoms with Gasteiger partial charge in [0.25, 0.3) is 5.91 Å². The number of aromatic nitrogens is 2. The summed E-state index contributed by atoms with van der Waals surface area (Å²) in [4.78, 5) is 12.7. The lowest BCUT2D eigenvalue weighted by Crippen LogP contribution is -2.15. The van der Waals surface area contributed by atoms with Gasteiger partial charge in [0.2, 0.25) is 0 Å². The first kappa shape index (κ1) is 12.1. The van der Waals surface area contributed by atoms with Gasteiger partial charge < -0.3 is 5.73 Å². The predicted octanol–water partition coefficient (Wildman–Crippen LogP) is 3.06. The molecule has 1 aromatic heterocycles. The molecule has 0 bridgehead atoms. The van der Waals surface area contributed by atoms with E-state index in [9.17, 15) is 4.79 Å². The van der Waals surface area contributed by atoms with Crippen molar-refractivity contribution in [3.63, 3.8) is 0 Å². The Kier molecular flexibility index (Phi) is 2.57. The standard InChI is InChI=1S/C17H15N3O/c18-16-12-8-4-5-9-15(12)20(19-16)17(21)14-10-13(14)11-6-2-1-3-7-11/h1-9,13-14H,10H2,(H2,18,19). The number of para-hydroxylation sites is 1. The van der Waals surface area contributed by atoms with Crippen molar-refractivity contribution < 1.29 is 4.79 Å². The SMILES string of the molecule is Nc1nn(C(=O)C2CC2c2ccccc2)c2ccccc12. The van der Waals surface area contributed by atoms with Gasteiger partial charge in [0.1, 0.15) is 0 Å². The molecule has 2 atom stereocenters. The van der Waals surface area contributed by atoms with Gasteiger partial charge in [0.15, 0.2) is 5.82 Å². The highest BCUT2D eigenvalue weighted by molar-refractivity contribution is 5.98. The number of nitrogen functional groups attached to an aromatic ring is 1. The van der Waals surface area contributed by atoms with Gasteiger partial charge in [-0.2, -0.15) is 4.68 Å². The van der Waals surface area contributed by atoms with E-state index >= 15 is 0 Å². The van der Waals surface area contributed by atoms with Crippen LogP contribution in [0.1, 0.15) is 22.7 Å². The number of benzene rings is 2. The Balaban J connectivity index is 1.67. The Morgan fingerprint density at radius 1 is 1.10 bits per heavy atom. The van der Waals surface area contributed by atoms with Gasteiger partial charge in [-0.1, -0.05) is 42.5 Å². The van der Waals surface area contributed by atoms with Crippen molar-refractivity contribution in [1.29, 1.82) is 0 Å². The number of hydrogen-bond donors (Lipinski definition) is 1. The van der Waals surface area contributed by atoms with Gasteiger partial charge >= 0.3 is 0 Å². The maximum atomic E-state index is 12.7. The summed E-state index contributed by atoms with van der Waals surface area (Å²) in [5, 5.41) is 5.06. The molecule has 3 aromatic rings. The molecule has 1 heterocycles. The first-order chi connectivity index (χ1) is 10.3. The zero-order valence-corrected chi connectivity index (χ0v) is 11.4. The fourth-order valence-corrected chi connectivity index (χ4v) is 2.95. The second-order valence-corrected chi connectivity index (χ2v) is 5.51. The summed E-state index contributed by atoms with van der Waals surface area (Å²) in [5.41, 5.74) is 7.91. The van der Waals surface area contributed by atoms with Crippen molar-refractivity contribution in [3.05, 3.63) is 60.2 Å². The molecule has 2 aromatic carbocycles. The van der Waals surface area contributed by atoms with Gasteiger partial charge in [0, 0.05) is 11.3 Å². The molecule has 4 heteroatoms. The van der Waals surface area contributed by atoms with Crippen LogP contribution < -0.4 is 5.73 Å². The van der Waals surface area contributed by atoms with Crippen LogP contribution in [0.3, 0.4) is 0 Å². The predicted molar refractivity (Wildman–Crippen MR) is 82.1 cm³/mol. The Hall–Kier alpha value is -2.62. The Morgan fingerprint density at radius 3 is 2.62 bits per heavy atom. The molecule has 1 aliphatic carbocycles. The van der Waals surface area contributed by atoms with Crippen molar-refractivity contribution >= 4 is 22.6 Å². The molecule has 4 rings (SSSR count). The molecule has 0 aliphatic heterocycles. The van der Waals surface area contributed by atoms with Crippen LogP contribution in [0.15, 0.2) is 54.6 Å². The zero-order valence-electron chi connectivity index (χ0n) is 11.4. The van der Waals surface area contributed by atoms with Crippen molar-refractivity contribution in [1.82, 2.24) is 9.78 Å². The third-order valence-corrected chi connectivity index (χ3v) is 4.16. The van der Waals surface area contributed by atoms with E-state index in [2.05, 4.69) is 17.2 Å². The van der Waals surface area contributed by atoms with Crippen LogP contribution in [0.5, 0.6) is 0 Å². The molecule has 1 aliphatic rings.